The van der Waals surface area contributed by atoms with Gasteiger partial charge >= 0.3 is 12.1 Å². The molecule has 0 aliphatic rings. The molecule has 1 aromatic carbocycles. The van der Waals surface area contributed by atoms with Crippen molar-refractivity contribution in [1.82, 2.24) is 20.0 Å². The minimum absolute atomic E-state index is 0.0975. The lowest BCUT2D eigenvalue weighted by molar-refractivity contribution is -0.154. The van der Waals surface area contributed by atoms with Gasteiger partial charge in [0, 0.05) is 36.6 Å². The van der Waals surface area contributed by atoms with Crippen molar-refractivity contribution in [2.45, 2.75) is 65.7 Å². The molecular formula is C27H34N4O5. The molecule has 2 N–H and O–H groups in total. The predicted octanol–water partition coefficient (Wildman–Crippen LogP) is 4.49. The highest BCUT2D eigenvalue weighted by Gasteiger charge is 2.17. The topological polar surface area (TPSA) is 111 Å². The van der Waals surface area contributed by atoms with E-state index in [0.717, 1.165) is 11.1 Å². The summed E-state index contributed by atoms with van der Waals surface area (Å²) in [6, 6.07) is 10.9. The third-order valence-electron chi connectivity index (χ3n) is 4.82. The molecule has 9 heteroatoms. The third-order valence-corrected chi connectivity index (χ3v) is 4.82. The number of benzene rings is 1. The first-order chi connectivity index (χ1) is 16.8. The SMILES string of the molecule is CC(C)(C)OC(=O)CCNC(=O)c1cccc(-c2cn3ccc(CNC(=O)OC(C)(C)C)cc3n2)c1. The van der Waals surface area contributed by atoms with Crippen LogP contribution in [0.15, 0.2) is 48.8 Å². The summed E-state index contributed by atoms with van der Waals surface area (Å²) in [4.78, 5) is 41.0. The van der Waals surface area contributed by atoms with Crippen LogP contribution >= 0.6 is 0 Å². The first-order valence-electron chi connectivity index (χ1n) is 11.8. The second-order valence-electron chi connectivity index (χ2n) is 10.5. The van der Waals surface area contributed by atoms with Crippen molar-refractivity contribution in [2.75, 3.05) is 6.54 Å². The normalized spacial score (nSPS) is 11.7. The average Bonchev–Trinajstić information content (AvgIpc) is 3.19. The number of nitrogens with zero attached hydrogens (tertiary/aromatic N) is 2. The van der Waals surface area contributed by atoms with Gasteiger partial charge in [0.25, 0.3) is 5.91 Å². The number of ether oxygens (including phenoxy) is 2. The minimum atomic E-state index is -0.560. The molecule has 36 heavy (non-hydrogen) atoms. The molecule has 9 nitrogen and oxygen atoms in total. The van der Waals surface area contributed by atoms with Crippen molar-refractivity contribution >= 4 is 23.6 Å². The van der Waals surface area contributed by atoms with Gasteiger partial charge in [-0.15, -0.1) is 0 Å². The Labute approximate surface area is 211 Å². The van der Waals surface area contributed by atoms with Crippen LogP contribution in [0.1, 0.15) is 63.9 Å². The molecule has 3 aromatic rings. The minimum Gasteiger partial charge on any atom is -0.460 e. The van der Waals surface area contributed by atoms with Gasteiger partial charge in [-0.25, -0.2) is 9.78 Å². The van der Waals surface area contributed by atoms with E-state index in [1.54, 1.807) is 39.0 Å². The summed E-state index contributed by atoms with van der Waals surface area (Å²) < 4.78 is 12.4. The number of pyridine rings is 1. The number of imidazole rings is 1. The summed E-state index contributed by atoms with van der Waals surface area (Å²) >= 11 is 0. The average molecular weight is 495 g/mol. The molecule has 0 aliphatic heterocycles. The zero-order valence-electron chi connectivity index (χ0n) is 21.7. The lowest BCUT2D eigenvalue weighted by atomic mass is 10.1. The number of esters is 1. The van der Waals surface area contributed by atoms with Crippen LogP contribution in [-0.4, -0.2) is 45.1 Å². The number of amides is 2. The van der Waals surface area contributed by atoms with E-state index in [4.69, 9.17) is 9.47 Å². The largest absolute Gasteiger partial charge is 0.460 e. The Bertz CT molecular complexity index is 1250. The molecule has 0 fully saturated rings. The second-order valence-corrected chi connectivity index (χ2v) is 10.5. The van der Waals surface area contributed by atoms with Gasteiger partial charge in [-0.2, -0.15) is 0 Å². The van der Waals surface area contributed by atoms with Crippen molar-refractivity contribution in [3.63, 3.8) is 0 Å². The van der Waals surface area contributed by atoms with Crippen LogP contribution in [0.3, 0.4) is 0 Å². The number of aromatic nitrogens is 2. The highest BCUT2D eigenvalue weighted by Crippen LogP contribution is 2.21. The van der Waals surface area contributed by atoms with E-state index in [-0.39, 0.29) is 24.8 Å². The Hall–Kier alpha value is -3.88. The molecule has 0 bridgehead atoms. The highest BCUT2D eigenvalue weighted by molar-refractivity contribution is 5.95. The number of alkyl carbamates (subject to hydrolysis) is 1. The molecule has 0 spiro atoms. The van der Waals surface area contributed by atoms with E-state index in [1.165, 1.54) is 0 Å². The number of carbonyl (C=O) groups is 3. The molecule has 2 aromatic heterocycles. The lowest BCUT2D eigenvalue weighted by Crippen LogP contribution is -2.32. The van der Waals surface area contributed by atoms with Crippen molar-refractivity contribution in [3.05, 3.63) is 59.9 Å². The van der Waals surface area contributed by atoms with E-state index in [9.17, 15) is 14.4 Å². The summed E-state index contributed by atoms with van der Waals surface area (Å²) in [5.41, 5.74) is 2.43. The number of carbonyl (C=O) groups excluding carboxylic acids is 3. The molecule has 0 saturated heterocycles. The van der Waals surface area contributed by atoms with Crippen LogP contribution in [0.5, 0.6) is 0 Å². The maximum atomic E-state index is 12.6. The third kappa shape index (κ3) is 8.11. The van der Waals surface area contributed by atoms with Gasteiger partial charge in [0.05, 0.1) is 12.1 Å². The second kappa shape index (κ2) is 10.8. The summed E-state index contributed by atoms with van der Waals surface area (Å²) in [5, 5.41) is 5.50. The van der Waals surface area contributed by atoms with Gasteiger partial charge in [0.15, 0.2) is 0 Å². The van der Waals surface area contributed by atoms with E-state index in [2.05, 4.69) is 15.6 Å². The molecule has 2 amide bonds. The fourth-order valence-corrected chi connectivity index (χ4v) is 3.35. The molecule has 3 rings (SSSR count). The van der Waals surface area contributed by atoms with Crippen LogP contribution < -0.4 is 10.6 Å². The smallest absolute Gasteiger partial charge is 0.407 e. The molecule has 192 valence electrons. The van der Waals surface area contributed by atoms with Gasteiger partial charge in [-0.1, -0.05) is 12.1 Å². The van der Waals surface area contributed by atoms with Crippen molar-refractivity contribution in [3.8, 4) is 11.3 Å². The number of rotatable bonds is 7. The van der Waals surface area contributed by atoms with Crippen LogP contribution in [0.4, 0.5) is 4.79 Å². The lowest BCUT2D eigenvalue weighted by Gasteiger charge is -2.19. The molecule has 0 saturated carbocycles. The Morgan fingerprint density at radius 1 is 0.944 bits per heavy atom. The number of nitrogens with one attached hydrogen (secondary N) is 2. The molecule has 0 radical (unpaired) electrons. The first kappa shape index (κ1) is 26.7. The van der Waals surface area contributed by atoms with Gasteiger partial charge < -0.3 is 24.5 Å². The van der Waals surface area contributed by atoms with Crippen LogP contribution in [0, 0.1) is 0 Å². The summed E-state index contributed by atoms with van der Waals surface area (Å²) in [6.07, 6.45) is 3.36. The molecule has 0 aliphatic carbocycles. The standard InChI is InChI=1S/C27H34N4O5/c1-26(2,3)35-23(32)10-12-28-24(33)20-9-7-8-19(15-20)21-17-31-13-11-18(14-22(31)30-21)16-29-25(34)36-27(4,5)6/h7-9,11,13-15,17H,10,12,16H2,1-6H3,(H,28,33)(H,29,34). The summed E-state index contributed by atoms with van der Waals surface area (Å²) in [5.74, 6) is -0.637. The maximum Gasteiger partial charge on any atom is 0.407 e. The number of fused-ring (bicyclic) bond motifs is 1. The Balaban J connectivity index is 1.64. The van der Waals surface area contributed by atoms with Crippen LogP contribution in [-0.2, 0) is 20.8 Å². The van der Waals surface area contributed by atoms with Crippen LogP contribution in [0.25, 0.3) is 16.9 Å². The van der Waals surface area contributed by atoms with Gasteiger partial charge in [0.2, 0.25) is 0 Å². The molecular weight excluding hydrogens is 460 g/mol. The van der Waals surface area contributed by atoms with Gasteiger partial charge in [-0.3, -0.25) is 9.59 Å². The van der Waals surface area contributed by atoms with E-state index in [0.29, 0.717) is 23.4 Å². The number of hydrogen-bond acceptors (Lipinski definition) is 6. The van der Waals surface area contributed by atoms with Crippen LogP contribution in [0.2, 0.25) is 0 Å². The van der Waals surface area contributed by atoms with Crippen molar-refractivity contribution in [1.29, 1.82) is 0 Å². The highest BCUT2D eigenvalue weighted by atomic mass is 16.6. The first-order valence-corrected chi connectivity index (χ1v) is 11.8. The quantitative estimate of drug-likeness (QED) is 0.468. The van der Waals surface area contributed by atoms with Gasteiger partial charge in [0.1, 0.15) is 16.8 Å². The van der Waals surface area contributed by atoms with Crippen molar-refractivity contribution < 1.29 is 23.9 Å². The molecule has 0 unspecified atom stereocenters. The Morgan fingerprint density at radius 2 is 1.67 bits per heavy atom. The Morgan fingerprint density at radius 3 is 2.36 bits per heavy atom. The Kier molecular flexibility index (Phi) is 8.02. The summed E-state index contributed by atoms with van der Waals surface area (Å²) in [7, 11) is 0. The fourth-order valence-electron chi connectivity index (χ4n) is 3.35. The zero-order valence-corrected chi connectivity index (χ0v) is 21.7. The maximum absolute atomic E-state index is 12.6. The molecule has 0 atom stereocenters. The molecule has 2 heterocycles. The van der Waals surface area contributed by atoms with E-state index >= 15 is 0 Å². The fraction of sp³-hybridized carbons (Fsp3) is 0.407. The zero-order chi connectivity index (χ0) is 26.5. The monoisotopic (exact) mass is 494 g/mol. The van der Waals surface area contributed by atoms with E-state index < -0.39 is 17.3 Å². The van der Waals surface area contributed by atoms with E-state index in [1.807, 2.05) is 55.8 Å². The summed E-state index contributed by atoms with van der Waals surface area (Å²) in [6.45, 7) is 11.3. The van der Waals surface area contributed by atoms with Gasteiger partial charge in [-0.05, 0) is 71.4 Å². The van der Waals surface area contributed by atoms with Crippen molar-refractivity contribution in [2.24, 2.45) is 0 Å². The predicted molar refractivity (Wildman–Crippen MR) is 136 cm³/mol. The number of hydrogen-bond donors (Lipinski definition) is 2.